The van der Waals surface area contributed by atoms with Gasteiger partial charge in [0.05, 0.1) is 0 Å². The van der Waals surface area contributed by atoms with Crippen LogP contribution in [0.1, 0.15) is 6.92 Å². The molecule has 29 valence electrons. The third kappa shape index (κ3) is 89.7. The van der Waals surface area contributed by atoms with Crippen molar-refractivity contribution < 1.29 is 18.6 Å². The van der Waals surface area contributed by atoms with Gasteiger partial charge < -0.3 is 19.8 Å². The Morgan fingerprint density at radius 3 is 1.40 bits per heavy atom. The zero-order chi connectivity index (χ0) is 3.58. The molecular weight excluding hydrogens is 99.0 g/mol. The first-order valence-corrected chi connectivity index (χ1v) is 1.39. The molecule has 0 aliphatic carbocycles. The monoisotopic (exact) mass is 107 g/mol. The van der Waals surface area contributed by atoms with Gasteiger partial charge in [0, 0.05) is 0 Å². The molecule has 0 bridgehead atoms. The van der Waals surface area contributed by atoms with Gasteiger partial charge >= 0.3 is 18.6 Å². The maximum atomic E-state index is 3.53. The third-order valence-corrected chi connectivity index (χ3v) is 0. The Bertz CT molecular complexity index is 8.36. The minimum Gasteiger partial charge on any atom is -0.370 e. The molecule has 0 atom stereocenters. The molecule has 0 saturated carbocycles. The number of hydrogen-bond donors (Lipinski definition) is 0. The van der Waals surface area contributed by atoms with Crippen molar-refractivity contribution in [1.29, 1.82) is 0 Å². The molecule has 1 heteroatoms. The quantitative estimate of drug-likeness (QED) is 0.409. The fourth-order valence-corrected chi connectivity index (χ4v) is 0. The van der Waals surface area contributed by atoms with Crippen LogP contribution in [0, 0.1) is 19.8 Å². The van der Waals surface area contributed by atoms with Crippen molar-refractivity contribution in [1.82, 2.24) is 0 Å². The van der Waals surface area contributed by atoms with E-state index in [0.29, 0.717) is 5.92 Å². The molecule has 1 radical (unpaired) electrons. The van der Waals surface area contributed by atoms with Crippen LogP contribution in [-0.2, 0) is 18.6 Å². The molecule has 5 heavy (non-hydrogen) atoms. The molecule has 0 amide bonds. The molecule has 0 aliphatic rings. The summed E-state index contributed by atoms with van der Waals surface area (Å²) in [5.74, 6) is 0.333. The van der Waals surface area contributed by atoms with Crippen molar-refractivity contribution in [2.75, 3.05) is 0 Å². The van der Waals surface area contributed by atoms with Crippen molar-refractivity contribution in [3.8, 4) is 0 Å². The second-order valence-corrected chi connectivity index (χ2v) is 1.11. The Hall–Kier alpha value is 0.584. The summed E-state index contributed by atoms with van der Waals surface area (Å²) in [6, 6.07) is 0. The molecule has 0 aromatic heterocycles. The van der Waals surface area contributed by atoms with Crippen molar-refractivity contribution in [3.63, 3.8) is 0 Å². The summed E-state index contributed by atoms with van der Waals surface area (Å²) >= 11 is 0. The van der Waals surface area contributed by atoms with Gasteiger partial charge in [0.25, 0.3) is 0 Å². The SMILES string of the molecule is [CH2-]C([CH2-])C.[V+2]. The first kappa shape index (κ1) is 9.14. The van der Waals surface area contributed by atoms with E-state index in [9.17, 15) is 0 Å². The molecule has 0 heterocycles. The Balaban J connectivity index is 0. The Morgan fingerprint density at radius 2 is 1.40 bits per heavy atom. The molecule has 0 spiro atoms. The van der Waals surface area contributed by atoms with Crippen LogP contribution in [0.5, 0.6) is 0 Å². The zero-order valence-electron chi connectivity index (χ0n) is 3.44. The summed E-state index contributed by atoms with van der Waals surface area (Å²) in [6.45, 7) is 9.00. The number of rotatable bonds is 0. The van der Waals surface area contributed by atoms with Crippen LogP contribution >= 0.6 is 0 Å². The van der Waals surface area contributed by atoms with Crippen LogP contribution in [0.25, 0.3) is 0 Å². The average molecular weight is 107 g/mol. The predicted molar refractivity (Wildman–Crippen MR) is 19.9 cm³/mol. The standard InChI is InChI=1S/C4H8.V/c1-4(2)3;/h4H,1-2H2,3H3;/q-2;+2. The summed E-state index contributed by atoms with van der Waals surface area (Å²) in [5.41, 5.74) is 0. The van der Waals surface area contributed by atoms with Crippen LogP contribution in [0.15, 0.2) is 0 Å². The van der Waals surface area contributed by atoms with Crippen molar-refractivity contribution in [3.05, 3.63) is 13.8 Å². The molecule has 0 N–H and O–H groups in total. The van der Waals surface area contributed by atoms with Gasteiger partial charge in [-0.15, -0.1) is 6.92 Å². The first-order chi connectivity index (χ1) is 1.73. The Kier molecular flexibility index (Phi) is 8.38. The van der Waals surface area contributed by atoms with E-state index >= 15 is 0 Å². The van der Waals surface area contributed by atoms with Crippen molar-refractivity contribution in [2.24, 2.45) is 5.92 Å². The van der Waals surface area contributed by atoms with Crippen LogP contribution in [0.3, 0.4) is 0 Å². The predicted octanol–water partition coefficient (Wildman–Crippen LogP) is 1.29. The van der Waals surface area contributed by atoms with Crippen LogP contribution in [0.4, 0.5) is 0 Å². The van der Waals surface area contributed by atoms with E-state index in [1.54, 1.807) is 0 Å². The molecular formula is C4H8V. The summed E-state index contributed by atoms with van der Waals surface area (Å²) < 4.78 is 0. The molecule has 0 unspecified atom stereocenters. The van der Waals surface area contributed by atoms with Gasteiger partial charge in [-0.25, -0.2) is 0 Å². The summed E-state index contributed by atoms with van der Waals surface area (Å²) in [7, 11) is 0. The maximum absolute atomic E-state index is 3.53. The van der Waals surface area contributed by atoms with Gasteiger partial charge in [0.2, 0.25) is 0 Å². The second-order valence-electron chi connectivity index (χ2n) is 1.11. The topological polar surface area (TPSA) is 0 Å². The summed E-state index contributed by atoms with van der Waals surface area (Å²) in [6.07, 6.45) is 0. The molecule has 0 rings (SSSR count). The summed E-state index contributed by atoms with van der Waals surface area (Å²) in [5, 5.41) is 0. The van der Waals surface area contributed by atoms with E-state index in [0.717, 1.165) is 0 Å². The molecule has 0 aromatic rings. The van der Waals surface area contributed by atoms with E-state index in [1.165, 1.54) is 0 Å². The minimum absolute atomic E-state index is 0. The summed E-state index contributed by atoms with van der Waals surface area (Å²) in [4.78, 5) is 0. The minimum atomic E-state index is 0. The smallest absolute Gasteiger partial charge is 0.370 e. The molecule has 0 aromatic carbocycles. The second kappa shape index (κ2) is 4.58. The third-order valence-electron chi connectivity index (χ3n) is 0. The average Bonchev–Trinajstić information content (AvgIpc) is 0.811. The van der Waals surface area contributed by atoms with Crippen LogP contribution < -0.4 is 0 Å². The van der Waals surface area contributed by atoms with Gasteiger partial charge in [0.15, 0.2) is 0 Å². The molecule has 0 saturated heterocycles. The fraction of sp³-hybridized carbons (Fsp3) is 0.500. The van der Waals surface area contributed by atoms with Crippen molar-refractivity contribution >= 4 is 0 Å². The van der Waals surface area contributed by atoms with Gasteiger partial charge in [0.1, 0.15) is 0 Å². The van der Waals surface area contributed by atoms with Gasteiger partial charge in [-0.2, -0.15) is 0 Å². The molecule has 0 fully saturated rings. The Labute approximate surface area is 45.8 Å². The van der Waals surface area contributed by atoms with Gasteiger partial charge in [-0.1, -0.05) is 0 Å². The van der Waals surface area contributed by atoms with E-state index in [4.69, 9.17) is 0 Å². The van der Waals surface area contributed by atoms with E-state index < -0.39 is 0 Å². The molecule has 0 aliphatic heterocycles. The largest absolute Gasteiger partial charge is 2.00 e. The van der Waals surface area contributed by atoms with Crippen LogP contribution in [-0.4, -0.2) is 0 Å². The maximum Gasteiger partial charge on any atom is 2.00 e. The van der Waals surface area contributed by atoms with Crippen molar-refractivity contribution in [2.45, 2.75) is 6.92 Å². The first-order valence-electron chi connectivity index (χ1n) is 1.39. The zero-order valence-corrected chi connectivity index (χ0v) is 4.84. The van der Waals surface area contributed by atoms with Gasteiger partial charge in [-0.3, -0.25) is 0 Å². The van der Waals surface area contributed by atoms with Gasteiger partial charge in [-0.05, 0) is 0 Å². The normalized spacial score (nSPS) is 7.20. The van der Waals surface area contributed by atoms with E-state index in [2.05, 4.69) is 13.8 Å². The van der Waals surface area contributed by atoms with E-state index in [1.807, 2.05) is 6.92 Å². The fourth-order valence-electron chi connectivity index (χ4n) is 0. The number of hydrogen-bond acceptors (Lipinski definition) is 0. The van der Waals surface area contributed by atoms with E-state index in [-0.39, 0.29) is 18.6 Å². The van der Waals surface area contributed by atoms with Crippen LogP contribution in [0.2, 0.25) is 0 Å². The molecule has 0 nitrogen and oxygen atoms in total. The Morgan fingerprint density at radius 1 is 1.40 bits per heavy atom.